The fourth-order valence-electron chi connectivity index (χ4n) is 4.41. The molecule has 0 bridgehead atoms. The molecule has 2 aliphatic rings. The number of hydrazine groups is 1. The summed E-state index contributed by atoms with van der Waals surface area (Å²) in [4.78, 5) is 25.6. The number of hydrogen-bond acceptors (Lipinski definition) is 6. The third-order valence-corrected chi connectivity index (χ3v) is 8.93. The Labute approximate surface area is 205 Å². The molecule has 1 saturated heterocycles. The lowest BCUT2D eigenvalue weighted by Gasteiger charge is -2.30. The quantitative estimate of drug-likeness (QED) is 0.537. The third-order valence-electron chi connectivity index (χ3n) is 6.51. The van der Waals surface area contributed by atoms with E-state index in [1.54, 1.807) is 17.1 Å². The van der Waals surface area contributed by atoms with Crippen molar-refractivity contribution in [1.82, 2.24) is 20.5 Å². The van der Waals surface area contributed by atoms with Crippen molar-refractivity contribution in [2.75, 3.05) is 19.6 Å². The Hall–Kier alpha value is -2.43. The van der Waals surface area contributed by atoms with Gasteiger partial charge in [0.1, 0.15) is 0 Å². The first-order valence-corrected chi connectivity index (χ1v) is 14.2. The van der Waals surface area contributed by atoms with Crippen LogP contribution < -0.4 is 15.5 Å². The van der Waals surface area contributed by atoms with Crippen LogP contribution in [0.15, 0.2) is 34.5 Å². The largest absolute Gasteiger partial charge is 0.351 e. The van der Waals surface area contributed by atoms with Crippen LogP contribution in [-0.2, 0) is 29.3 Å². The van der Waals surface area contributed by atoms with Crippen LogP contribution in [0.5, 0.6) is 0 Å². The van der Waals surface area contributed by atoms with Gasteiger partial charge in [0.25, 0.3) is 15.9 Å². The van der Waals surface area contributed by atoms with Gasteiger partial charge in [-0.05, 0) is 85.1 Å². The van der Waals surface area contributed by atoms with Crippen LogP contribution in [0, 0.1) is 5.92 Å². The molecule has 4 rings (SSSR count). The van der Waals surface area contributed by atoms with Gasteiger partial charge < -0.3 is 5.32 Å². The van der Waals surface area contributed by atoms with Gasteiger partial charge in [0, 0.05) is 19.6 Å². The van der Waals surface area contributed by atoms with Crippen molar-refractivity contribution >= 4 is 33.3 Å². The normalized spacial score (nSPS) is 17.1. The summed E-state index contributed by atoms with van der Waals surface area (Å²) in [5.74, 6) is 0.573. The second-order valence-electron chi connectivity index (χ2n) is 9.14. The average molecular weight is 505 g/mol. The van der Waals surface area contributed by atoms with Gasteiger partial charge in [-0.3, -0.25) is 10.2 Å². The van der Waals surface area contributed by atoms with Gasteiger partial charge in [0.05, 0.1) is 9.77 Å². The van der Waals surface area contributed by atoms with Gasteiger partial charge in [0.15, 0.2) is 0 Å². The highest BCUT2D eigenvalue weighted by Crippen LogP contribution is 2.29. The van der Waals surface area contributed by atoms with Crippen LogP contribution in [0.2, 0.25) is 0 Å². The van der Waals surface area contributed by atoms with E-state index in [2.05, 4.69) is 27.8 Å². The molecule has 1 aromatic carbocycles. The number of piperidine rings is 1. The van der Waals surface area contributed by atoms with Crippen LogP contribution >= 0.6 is 11.3 Å². The highest BCUT2D eigenvalue weighted by atomic mass is 32.2. The van der Waals surface area contributed by atoms with Gasteiger partial charge in [-0.15, -0.1) is 11.3 Å². The van der Waals surface area contributed by atoms with Crippen LogP contribution in [0.4, 0.5) is 4.79 Å². The molecule has 2 aromatic rings. The monoisotopic (exact) mass is 504 g/mol. The number of hydrogen-bond donors (Lipinski definition) is 3. The average Bonchev–Trinajstić information content (AvgIpc) is 3.25. The first-order chi connectivity index (χ1) is 16.3. The molecule has 0 unspecified atom stereocenters. The predicted octanol–water partition coefficient (Wildman–Crippen LogP) is 3.23. The standard InChI is InChI=1S/C24H32N4O4S2/c1-17-11-14-28(15-12-17)26-24(30)27-34(31,32)20-8-6-18(7-9-20)10-13-25-23(29)22-21-5-3-2-4-19(21)16-33-22/h6-9,16-17H,2-5,10-15H2,1H3,(H,25,29)(H2,26,27,30). The van der Waals surface area contributed by atoms with E-state index in [4.69, 9.17) is 0 Å². The van der Waals surface area contributed by atoms with Crippen LogP contribution in [-0.4, -0.2) is 45.0 Å². The molecule has 3 amide bonds. The summed E-state index contributed by atoms with van der Waals surface area (Å²) in [6, 6.07) is 5.61. The number of sulfonamides is 1. The number of nitrogens with one attached hydrogen (secondary N) is 3. The summed E-state index contributed by atoms with van der Waals surface area (Å²) >= 11 is 1.52. The number of benzene rings is 1. The maximum Gasteiger partial charge on any atom is 0.343 e. The van der Waals surface area contributed by atoms with Gasteiger partial charge >= 0.3 is 6.03 Å². The number of nitrogens with zero attached hydrogens (tertiary/aromatic N) is 1. The van der Waals surface area contributed by atoms with Gasteiger partial charge in [0.2, 0.25) is 0 Å². The number of fused-ring (bicyclic) bond motifs is 1. The van der Waals surface area contributed by atoms with Crippen molar-refractivity contribution < 1.29 is 18.0 Å². The lowest BCUT2D eigenvalue weighted by Crippen LogP contribution is -2.51. The summed E-state index contributed by atoms with van der Waals surface area (Å²) in [7, 11) is -3.97. The highest BCUT2D eigenvalue weighted by molar-refractivity contribution is 7.90. The molecule has 2 heterocycles. The first-order valence-electron chi connectivity index (χ1n) is 11.9. The van der Waals surface area contributed by atoms with Crippen LogP contribution in [0.1, 0.15) is 59.0 Å². The minimum atomic E-state index is -3.97. The summed E-state index contributed by atoms with van der Waals surface area (Å²) < 4.78 is 27.2. The zero-order valence-electron chi connectivity index (χ0n) is 19.4. The van der Waals surface area contributed by atoms with Crippen LogP contribution in [0.25, 0.3) is 0 Å². The molecule has 0 spiro atoms. The fourth-order valence-corrected chi connectivity index (χ4v) is 6.39. The second-order valence-corrected chi connectivity index (χ2v) is 11.7. The smallest absolute Gasteiger partial charge is 0.343 e. The van der Waals surface area contributed by atoms with Crippen molar-refractivity contribution in [2.24, 2.45) is 5.92 Å². The molecule has 1 aliphatic heterocycles. The molecule has 1 aromatic heterocycles. The number of amides is 3. The van der Waals surface area contributed by atoms with Crippen LogP contribution in [0.3, 0.4) is 0 Å². The van der Waals surface area contributed by atoms with Crippen molar-refractivity contribution in [2.45, 2.75) is 56.8 Å². The van der Waals surface area contributed by atoms with E-state index < -0.39 is 16.1 Å². The molecule has 0 atom stereocenters. The van der Waals surface area contributed by atoms with E-state index >= 15 is 0 Å². The molecule has 0 radical (unpaired) electrons. The van der Waals surface area contributed by atoms with Crippen molar-refractivity contribution in [3.63, 3.8) is 0 Å². The Morgan fingerprint density at radius 2 is 1.79 bits per heavy atom. The number of rotatable bonds is 7. The molecule has 1 fully saturated rings. The van der Waals surface area contributed by atoms with Crippen molar-refractivity contribution in [3.05, 3.63) is 51.2 Å². The Morgan fingerprint density at radius 3 is 2.53 bits per heavy atom. The summed E-state index contributed by atoms with van der Waals surface area (Å²) in [5.41, 5.74) is 6.03. The zero-order valence-corrected chi connectivity index (χ0v) is 21.1. The molecule has 184 valence electrons. The number of urea groups is 1. The van der Waals surface area contributed by atoms with E-state index in [0.717, 1.165) is 42.5 Å². The lowest BCUT2D eigenvalue weighted by atomic mass is 9.94. The molecule has 1 aliphatic carbocycles. The van der Waals surface area contributed by atoms with Crippen molar-refractivity contribution in [1.29, 1.82) is 0 Å². The van der Waals surface area contributed by atoms with Gasteiger partial charge in [-0.1, -0.05) is 19.1 Å². The fraction of sp³-hybridized carbons (Fsp3) is 0.500. The topological polar surface area (TPSA) is 108 Å². The molecule has 8 nitrogen and oxygen atoms in total. The Morgan fingerprint density at radius 1 is 1.09 bits per heavy atom. The van der Waals surface area contributed by atoms with Gasteiger partial charge in [-0.25, -0.2) is 22.9 Å². The molecule has 34 heavy (non-hydrogen) atoms. The van der Waals surface area contributed by atoms with Gasteiger partial charge in [-0.2, -0.15) is 0 Å². The van der Waals surface area contributed by atoms with E-state index in [-0.39, 0.29) is 10.8 Å². The second kappa shape index (κ2) is 10.9. The van der Waals surface area contributed by atoms with E-state index in [1.807, 2.05) is 0 Å². The number of thiophene rings is 1. The molecule has 3 N–H and O–H groups in total. The first kappa shape index (κ1) is 24.7. The molecular weight excluding hydrogens is 472 g/mol. The minimum Gasteiger partial charge on any atom is -0.351 e. The SMILES string of the molecule is CC1CCN(NC(=O)NS(=O)(=O)c2ccc(CCNC(=O)c3scc4c3CCCC4)cc2)CC1. The van der Waals surface area contributed by atoms with E-state index in [1.165, 1.54) is 41.0 Å². The van der Waals surface area contributed by atoms with Crippen molar-refractivity contribution in [3.8, 4) is 0 Å². The molecule has 0 saturated carbocycles. The highest BCUT2D eigenvalue weighted by Gasteiger charge is 2.22. The van der Waals surface area contributed by atoms with E-state index in [0.29, 0.717) is 32.0 Å². The Bertz CT molecular complexity index is 1120. The minimum absolute atomic E-state index is 0.0212. The maximum atomic E-state index is 12.6. The summed E-state index contributed by atoms with van der Waals surface area (Å²) in [5, 5.41) is 6.82. The molecule has 10 heteroatoms. The third kappa shape index (κ3) is 6.17. The number of aryl methyl sites for hydroxylation is 1. The summed E-state index contributed by atoms with van der Waals surface area (Å²) in [6.45, 7) is 4.03. The molecular formula is C24H32N4O4S2. The zero-order chi connectivity index (χ0) is 24.1. The maximum absolute atomic E-state index is 12.6. The Kier molecular flexibility index (Phi) is 7.90. The number of carbonyl (C=O) groups is 2. The number of carbonyl (C=O) groups excluding carboxylic acids is 2. The lowest BCUT2D eigenvalue weighted by molar-refractivity contribution is 0.0957. The Balaban J connectivity index is 1.25. The predicted molar refractivity (Wildman–Crippen MR) is 132 cm³/mol. The summed E-state index contributed by atoms with van der Waals surface area (Å²) in [6.07, 6.45) is 6.86. The van der Waals surface area contributed by atoms with E-state index in [9.17, 15) is 18.0 Å².